The van der Waals surface area contributed by atoms with Gasteiger partial charge >= 0.3 is 0 Å². The van der Waals surface area contributed by atoms with E-state index in [2.05, 4.69) is 0 Å². The summed E-state index contributed by atoms with van der Waals surface area (Å²) < 4.78 is 24.6. The summed E-state index contributed by atoms with van der Waals surface area (Å²) in [6.07, 6.45) is 0. The Kier molecular flexibility index (Phi) is 4.73. The van der Waals surface area contributed by atoms with Crippen molar-refractivity contribution in [2.45, 2.75) is 16.7 Å². The second kappa shape index (κ2) is 6.33. The van der Waals surface area contributed by atoms with Gasteiger partial charge in [-0.2, -0.15) is 0 Å². The highest BCUT2D eigenvalue weighted by Gasteiger charge is 2.16. The topological polar surface area (TPSA) is 60.2 Å². The summed E-state index contributed by atoms with van der Waals surface area (Å²) in [5, 5.41) is 0. The Bertz CT molecular complexity index is 682. The molecule has 0 atom stereocenters. The number of hydrogen-bond donors (Lipinski definition) is 1. The van der Waals surface area contributed by atoms with Crippen LogP contribution >= 0.6 is 11.8 Å². The Morgan fingerprint density at radius 2 is 1.80 bits per heavy atom. The zero-order chi connectivity index (χ0) is 14.6. The van der Waals surface area contributed by atoms with Crippen LogP contribution in [0.4, 0.5) is 5.69 Å². The third-order valence-electron chi connectivity index (χ3n) is 2.90. The first kappa shape index (κ1) is 14.9. The minimum Gasteiger partial charge on any atom is -0.399 e. The summed E-state index contributed by atoms with van der Waals surface area (Å²) in [5.74, 6) is 0.660. The molecule has 0 bridgehead atoms. The molecule has 2 aromatic rings. The van der Waals surface area contributed by atoms with E-state index in [1.165, 1.54) is 0 Å². The average Bonchev–Trinajstić information content (AvgIpc) is 2.39. The van der Waals surface area contributed by atoms with Crippen molar-refractivity contribution >= 4 is 27.3 Å². The fourth-order valence-electron chi connectivity index (χ4n) is 1.92. The SMILES string of the molecule is Cc1cc(N)ccc1S(=O)(=O)CCSc1ccccc1. The molecule has 106 valence electrons. The number of benzene rings is 2. The van der Waals surface area contributed by atoms with Crippen molar-refractivity contribution in [2.75, 3.05) is 17.2 Å². The molecule has 0 aromatic heterocycles. The van der Waals surface area contributed by atoms with Gasteiger partial charge in [0, 0.05) is 16.3 Å². The summed E-state index contributed by atoms with van der Waals surface area (Å²) in [5.41, 5.74) is 6.93. The highest BCUT2D eigenvalue weighted by Crippen LogP contribution is 2.22. The highest BCUT2D eigenvalue weighted by molar-refractivity contribution is 8.00. The summed E-state index contributed by atoms with van der Waals surface area (Å²) in [7, 11) is -3.25. The van der Waals surface area contributed by atoms with Crippen LogP contribution < -0.4 is 5.73 Å². The molecule has 0 unspecified atom stereocenters. The second-order valence-electron chi connectivity index (χ2n) is 4.51. The first-order chi connectivity index (χ1) is 9.49. The number of anilines is 1. The molecule has 0 heterocycles. The monoisotopic (exact) mass is 307 g/mol. The predicted molar refractivity (Wildman–Crippen MR) is 84.8 cm³/mol. The molecule has 5 heteroatoms. The van der Waals surface area contributed by atoms with Gasteiger partial charge in [0.2, 0.25) is 0 Å². The van der Waals surface area contributed by atoms with Crippen LogP contribution in [0.3, 0.4) is 0 Å². The van der Waals surface area contributed by atoms with Gasteiger partial charge in [-0.15, -0.1) is 11.8 Å². The van der Waals surface area contributed by atoms with Crippen LogP contribution in [0.1, 0.15) is 5.56 Å². The van der Waals surface area contributed by atoms with E-state index >= 15 is 0 Å². The van der Waals surface area contributed by atoms with E-state index in [1.807, 2.05) is 30.3 Å². The summed E-state index contributed by atoms with van der Waals surface area (Å²) in [6, 6.07) is 14.7. The van der Waals surface area contributed by atoms with Gasteiger partial charge in [-0.05, 0) is 42.8 Å². The van der Waals surface area contributed by atoms with Crippen LogP contribution in [0.15, 0.2) is 58.3 Å². The largest absolute Gasteiger partial charge is 0.399 e. The van der Waals surface area contributed by atoms with Gasteiger partial charge in [-0.3, -0.25) is 0 Å². The van der Waals surface area contributed by atoms with E-state index in [0.717, 1.165) is 4.90 Å². The summed E-state index contributed by atoms with van der Waals surface area (Å²) in [6.45, 7) is 1.77. The smallest absolute Gasteiger partial charge is 0.179 e. The van der Waals surface area contributed by atoms with Crippen molar-refractivity contribution < 1.29 is 8.42 Å². The molecule has 0 radical (unpaired) electrons. The van der Waals surface area contributed by atoms with Gasteiger partial charge in [0.15, 0.2) is 9.84 Å². The average molecular weight is 307 g/mol. The standard InChI is InChI=1S/C15H17NO2S2/c1-12-11-13(16)7-8-15(12)20(17,18)10-9-19-14-5-3-2-4-6-14/h2-8,11H,9-10,16H2,1H3. The van der Waals surface area contributed by atoms with Gasteiger partial charge in [0.25, 0.3) is 0 Å². The minimum atomic E-state index is -3.25. The van der Waals surface area contributed by atoms with E-state index < -0.39 is 9.84 Å². The lowest BCUT2D eigenvalue weighted by Crippen LogP contribution is -2.10. The lowest BCUT2D eigenvalue weighted by atomic mass is 10.2. The van der Waals surface area contributed by atoms with Crippen LogP contribution in [-0.2, 0) is 9.84 Å². The fourth-order valence-corrected chi connectivity index (χ4v) is 4.76. The van der Waals surface area contributed by atoms with Crippen LogP contribution in [0, 0.1) is 6.92 Å². The van der Waals surface area contributed by atoms with Crippen LogP contribution in [0.25, 0.3) is 0 Å². The molecule has 0 fully saturated rings. The zero-order valence-electron chi connectivity index (χ0n) is 11.2. The number of hydrogen-bond acceptors (Lipinski definition) is 4. The molecule has 0 aliphatic rings. The van der Waals surface area contributed by atoms with Crippen LogP contribution in [-0.4, -0.2) is 19.9 Å². The van der Waals surface area contributed by atoms with Crippen molar-refractivity contribution in [3.63, 3.8) is 0 Å². The van der Waals surface area contributed by atoms with Crippen molar-refractivity contribution in [3.05, 3.63) is 54.1 Å². The molecule has 0 aliphatic heterocycles. The summed E-state index contributed by atoms with van der Waals surface area (Å²) >= 11 is 1.55. The Balaban J connectivity index is 2.04. The number of nitrogen functional groups attached to an aromatic ring is 1. The van der Waals surface area contributed by atoms with E-state index in [1.54, 1.807) is 36.9 Å². The Morgan fingerprint density at radius 1 is 1.10 bits per heavy atom. The normalized spacial score (nSPS) is 11.4. The molecule has 0 spiro atoms. The number of thioether (sulfide) groups is 1. The molecule has 0 saturated heterocycles. The number of sulfone groups is 1. The molecular formula is C15H17NO2S2. The molecule has 0 amide bonds. The lowest BCUT2D eigenvalue weighted by molar-refractivity contribution is 0.597. The maximum absolute atomic E-state index is 12.3. The zero-order valence-corrected chi connectivity index (χ0v) is 12.9. The Hall–Kier alpha value is -1.46. The molecule has 0 aliphatic carbocycles. The van der Waals surface area contributed by atoms with Crippen LogP contribution in [0.5, 0.6) is 0 Å². The molecule has 20 heavy (non-hydrogen) atoms. The van der Waals surface area contributed by atoms with Crippen molar-refractivity contribution in [3.8, 4) is 0 Å². The predicted octanol–water partition coefficient (Wildman–Crippen LogP) is 3.14. The van der Waals surface area contributed by atoms with E-state index in [4.69, 9.17) is 5.73 Å². The maximum Gasteiger partial charge on any atom is 0.179 e. The second-order valence-corrected chi connectivity index (χ2v) is 7.75. The summed E-state index contributed by atoms with van der Waals surface area (Å²) in [4.78, 5) is 1.46. The van der Waals surface area contributed by atoms with Gasteiger partial charge in [0.05, 0.1) is 10.6 Å². The molecule has 2 N–H and O–H groups in total. The third kappa shape index (κ3) is 3.77. The Labute approximate surface area is 124 Å². The quantitative estimate of drug-likeness (QED) is 0.681. The third-order valence-corrected chi connectivity index (χ3v) is 6.04. The highest BCUT2D eigenvalue weighted by atomic mass is 32.2. The fraction of sp³-hybridized carbons (Fsp3) is 0.200. The van der Waals surface area contributed by atoms with Gasteiger partial charge in [0.1, 0.15) is 0 Å². The van der Waals surface area contributed by atoms with Crippen molar-refractivity contribution in [1.29, 1.82) is 0 Å². The minimum absolute atomic E-state index is 0.122. The molecule has 3 nitrogen and oxygen atoms in total. The van der Waals surface area contributed by atoms with E-state index in [9.17, 15) is 8.42 Å². The number of aryl methyl sites for hydroxylation is 1. The molecule has 2 rings (SSSR count). The number of rotatable bonds is 5. The molecule has 2 aromatic carbocycles. The first-order valence-electron chi connectivity index (χ1n) is 6.26. The van der Waals surface area contributed by atoms with Gasteiger partial charge in [-0.25, -0.2) is 8.42 Å². The first-order valence-corrected chi connectivity index (χ1v) is 8.89. The lowest BCUT2D eigenvalue weighted by Gasteiger charge is -2.08. The van der Waals surface area contributed by atoms with Crippen LogP contribution in [0.2, 0.25) is 0 Å². The number of nitrogens with two attached hydrogens (primary N) is 1. The molecule has 0 saturated carbocycles. The van der Waals surface area contributed by atoms with E-state index in [-0.39, 0.29) is 5.75 Å². The van der Waals surface area contributed by atoms with E-state index in [0.29, 0.717) is 21.9 Å². The Morgan fingerprint density at radius 3 is 2.45 bits per heavy atom. The maximum atomic E-state index is 12.3. The van der Waals surface area contributed by atoms with Gasteiger partial charge < -0.3 is 5.73 Å². The van der Waals surface area contributed by atoms with Crippen molar-refractivity contribution in [2.24, 2.45) is 0 Å². The van der Waals surface area contributed by atoms with Gasteiger partial charge in [-0.1, -0.05) is 18.2 Å². The molecular weight excluding hydrogens is 290 g/mol. The van der Waals surface area contributed by atoms with Crippen molar-refractivity contribution in [1.82, 2.24) is 0 Å².